The van der Waals surface area contributed by atoms with Crippen LogP contribution in [0.1, 0.15) is 30.8 Å². The summed E-state index contributed by atoms with van der Waals surface area (Å²) in [6.45, 7) is 1.37. The SMILES string of the molecule is O=c1cc(C(F)F)ncn1CC1CCN(c2ccc3nnc(C(F)(F)F)n3n2)CC1. The Hall–Kier alpha value is -3.12. The zero-order valence-electron chi connectivity index (χ0n) is 15.4. The maximum atomic E-state index is 13.0. The third kappa shape index (κ3) is 3.96. The van der Waals surface area contributed by atoms with E-state index in [0.29, 0.717) is 42.8 Å². The highest BCUT2D eigenvalue weighted by atomic mass is 19.4. The summed E-state index contributed by atoms with van der Waals surface area (Å²) in [7, 11) is 0. The van der Waals surface area contributed by atoms with Gasteiger partial charge in [-0.05, 0) is 30.9 Å². The molecular weight excluding hydrogens is 413 g/mol. The average Bonchev–Trinajstić information content (AvgIpc) is 3.13. The van der Waals surface area contributed by atoms with Crippen LogP contribution in [0.5, 0.6) is 0 Å². The van der Waals surface area contributed by atoms with E-state index in [2.05, 4.69) is 20.3 Å². The lowest BCUT2D eigenvalue weighted by Crippen LogP contribution is -2.37. The lowest BCUT2D eigenvalue weighted by Gasteiger charge is -2.32. The predicted molar refractivity (Wildman–Crippen MR) is 94.2 cm³/mol. The number of alkyl halides is 5. The Morgan fingerprint density at radius 3 is 2.50 bits per heavy atom. The Kier molecular flexibility index (Phi) is 5.12. The van der Waals surface area contributed by atoms with E-state index >= 15 is 0 Å². The van der Waals surface area contributed by atoms with E-state index in [1.165, 1.54) is 10.6 Å². The van der Waals surface area contributed by atoms with E-state index in [0.717, 1.165) is 12.4 Å². The molecule has 4 heterocycles. The minimum Gasteiger partial charge on any atom is -0.355 e. The maximum Gasteiger partial charge on any atom is 0.453 e. The summed E-state index contributed by atoms with van der Waals surface area (Å²) in [5.41, 5.74) is -1.10. The van der Waals surface area contributed by atoms with Gasteiger partial charge in [0.05, 0.1) is 6.33 Å². The molecule has 4 rings (SSSR count). The quantitative estimate of drug-likeness (QED) is 0.593. The van der Waals surface area contributed by atoms with Crippen molar-refractivity contribution < 1.29 is 22.0 Å². The van der Waals surface area contributed by atoms with Crippen LogP contribution in [-0.4, -0.2) is 42.5 Å². The van der Waals surface area contributed by atoms with Gasteiger partial charge in [0, 0.05) is 25.7 Å². The summed E-state index contributed by atoms with van der Waals surface area (Å²) in [4.78, 5) is 17.4. The number of piperidine rings is 1. The molecule has 0 N–H and O–H groups in total. The molecule has 8 nitrogen and oxygen atoms in total. The third-order valence-corrected chi connectivity index (χ3v) is 5.02. The average molecular weight is 429 g/mol. The van der Waals surface area contributed by atoms with Gasteiger partial charge in [-0.3, -0.25) is 9.36 Å². The molecule has 3 aromatic rings. The number of nitrogens with zero attached hydrogens (tertiary/aromatic N) is 7. The second kappa shape index (κ2) is 7.61. The van der Waals surface area contributed by atoms with Crippen LogP contribution in [-0.2, 0) is 12.7 Å². The number of hydrogen-bond donors (Lipinski definition) is 0. The van der Waals surface area contributed by atoms with Crippen molar-refractivity contribution in [1.82, 2.24) is 29.4 Å². The first-order chi connectivity index (χ1) is 14.2. The fourth-order valence-electron chi connectivity index (χ4n) is 3.44. The first-order valence-corrected chi connectivity index (χ1v) is 9.11. The van der Waals surface area contributed by atoms with Gasteiger partial charge in [-0.25, -0.2) is 13.8 Å². The van der Waals surface area contributed by atoms with Crippen molar-refractivity contribution in [2.45, 2.75) is 32.0 Å². The first-order valence-electron chi connectivity index (χ1n) is 9.11. The molecule has 0 unspecified atom stereocenters. The maximum absolute atomic E-state index is 13.0. The Morgan fingerprint density at radius 2 is 1.87 bits per heavy atom. The monoisotopic (exact) mass is 429 g/mol. The molecule has 13 heteroatoms. The molecule has 0 aromatic carbocycles. The summed E-state index contributed by atoms with van der Waals surface area (Å²) in [6, 6.07) is 3.84. The topological polar surface area (TPSA) is 81.2 Å². The minimum atomic E-state index is -4.67. The molecular formula is C17H16F5N7O. The van der Waals surface area contributed by atoms with E-state index in [9.17, 15) is 26.7 Å². The number of fused-ring (bicyclic) bond motifs is 1. The van der Waals surface area contributed by atoms with Crippen LogP contribution in [0.25, 0.3) is 5.65 Å². The second-order valence-corrected chi connectivity index (χ2v) is 7.02. The molecule has 1 aliphatic heterocycles. The number of aromatic nitrogens is 6. The van der Waals surface area contributed by atoms with Gasteiger partial charge in [-0.15, -0.1) is 15.3 Å². The van der Waals surface area contributed by atoms with Gasteiger partial charge in [0.25, 0.3) is 17.8 Å². The summed E-state index contributed by atoms with van der Waals surface area (Å²) in [5.74, 6) is -0.720. The predicted octanol–water partition coefficient (Wildman–Crippen LogP) is 2.55. The van der Waals surface area contributed by atoms with Gasteiger partial charge in [-0.1, -0.05) is 0 Å². The Bertz CT molecular complexity index is 1100. The van der Waals surface area contributed by atoms with E-state index < -0.39 is 29.7 Å². The molecule has 0 amide bonds. The third-order valence-electron chi connectivity index (χ3n) is 5.02. The molecule has 1 fully saturated rings. The van der Waals surface area contributed by atoms with Crippen LogP contribution >= 0.6 is 0 Å². The van der Waals surface area contributed by atoms with Crippen LogP contribution < -0.4 is 10.5 Å². The number of hydrogen-bond acceptors (Lipinski definition) is 6. The van der Waals surface area contributed by atoms with Crippen molar-refractivity contribution in [3.05, 3.63) is 46.4 Å². The summed E-state index contributed by atoms with van der Waals surface area (Å²) in [6.07, 6.45) is -5.05. The van der Waals surface area contributed by atoms with Crippen molar-refractivity contribution in [2.75, 3.05) is 18.0 Å². The molecule has 0 spiro atoms. The summed E-state index contributed by atoms with van der Waals surface area (Å²) in [5, 5.41) is 10.7. The highest BCUT2D eigenvalue weighted by Crippen LogP contribution is 2.29. The van der Waals surface area contributed by atoms with E-state index in [1.54, 1.807) is 6.07 Å². The zero-order chi connectivity index (χ0) is 21.5. The van der Waals surface area contributed by atoms with Crippen LogP contribution in [0.4, 0.5) is 27.8 Å². The molecule has 1 saturated heterocycles. The van der Waals surface area contributed by atoms with Crippen molar-refractivity contribution in [2.24, 2.45) is 5.92 Å². The lowest BCUT2D eigenvalue weighted by molar-refractivity contribution is -0.146. The second-order valence-electron chi connectivity index (χ2n) is 7.02. The molecule has 1 aliphatic rings. The minimum absolute atomic E-state index is 0.0000747. The van der Waals surface area contributed by atoms with Gasteiger partial charge in [-0.2, -0.15) is 17.7 Å². The van der Waals surface area contributed by atoms with Gasteiger partial charge < -0.3 is 4.90 Å². The van der Waals surface area contributed by atoms with Crippen molar-refractivity contribution in [1.29, 1.82) is 0 Å². The highest BCUT2D eigenvalue weighted by molar-refractivity contribution is 5.46. The van der Waals surface area contributed by atoms with Crippen molar-refractivity contribution >= 4 is 11.5 Å². The molecule has 3 aromatic heterocycles. The molecule has 0 bridgehead atoms. The zero-order valence-corrected chi connectivity index (χ0v) is 15.4. The lowest BCUT2D eigenvalue weighted by atomic mass is 9.96. The first kappa shape index (κ1) is 20.2. The highest BCUT2D eigenvalue weighted by Gasteiger charge is 2.38. The fourth-order valence-corrected chi connectivity index (χ4v) is 3.44. The van der Waals surface area contributed by atoms with Gasteiger partial charge in [0.1, 0.15) is 11.5 Å². The van der Waals surface area contributed by atoms with Gasteiger partial charge in [0.15, 0.2) is 5.65 Å². The number of anilines is 1. The summed E-state index contributed by atoms with van der Waals surface area (Å²) < 4.78 is 66.3. The van der Waals surface area contributed by atoms with E-state index in [4.69, 9.17) is 0 Å². The largest absolute Gasteiger partial charge is 0.453 e. The molecule has 0 saturated carbocycles. The summed E-state index contributed by atoms with van der Waals surface area (Å²) >= 11 is 0. The number of rotatable bonds is 4. The van der Waals surface area contributed by atoms with Gasteiger partial charge in [0.2, 0.25) is 0 Å². The molecule has 30 heavy (non-hydrogen) atoms. The Morgan fingerprint density at radius 1 is 1.13 bits per heavy atom. The van der Waals surface area contributed by atoms with Crippen molar-refractivity contribution in [3.63, 3.8) is 0 Å². The van der Waals surface area contributed by atoms with Crippen LogP contribution in [0.2, 0.25) is 0 Å². The Balaban J connectivity index is 1.44. The normalized spacial score (nSPS) is 16.0. The fraction of sp³-hybridized carbons (Fsp3) is 0.471. The Labute approximate surface area is 166 Å². The van der Waals surface area contributed by atoms with Crippen LogP contribution in [0, 0.1) is 5.92 Å². The van der Waals surface area contributed by atoms with Gasteiger partial charge >= 0.3 is 6.18 Å². The van der Waals surface area contributed by atoms with E-state index in [-0.39, 0.29) is 11.6 Å². The van der Waals surface area contributed by atoms with Crippen molar-refractivity contribution in [3.8, 4) is 0 Å². The molecule has 160 valence electrons. The van der Waals surface area contributed by atoms with Crippen LogP contribution in [0.3, 0.4) is 0 Å². The molecule has 0 radical (unpaired) electrons. The van der Waals surface area contributed by atoms with Crippen LogP contribution in [0.15, 0.2) is 29.3 Å². The van der Waals surface area contributed by atoms with E-state index in [1.807, 2.05) is 4.90 Å². The molecule has 0 aliphatic carbocycles. The molecule has 0 atom stereocenters. The smallest absolute Gasteiger partial charge is 0.355 e. The standard InChI is InChI=1S/C17H16F5N7O/c18-15(19)11-7-14(30)28(9-23-11)8-10-3-5-27(6-4-10)13-2-1-12-24-25-16(17(20,21)22)29(12)26-13/h1-2,7,9-10,15H,3-6,8H2. The number of halogens is 5.